The maximum absolute atomic E-state index is 5.02. The molecule has 2 aliphatic heterocycles. The number of para-hydroxylation sites is 1. The van der Waals surface area contributed by atoms with Gasteiger partial charge in [0.1, 0.15) is 22.6 Å². The van der Waals surface area contributed by atoms with Crippen molar-refractivity contribution in [3.05, 3.63) is 127 Å². The molecular weight excluding hydrogens is 646 g/mol. The summed E-state index contributed by atoms with van der Waals surface area (Å²) in [5, 5.41) is 3.82. The smallest absolute Gasteiger partial charge is 0.164 e. The SMILES string of the molecule is [Cu][NH]c1ccccc1.c1ccc2c(c1)-c1nc-2nc2[nH]c(nc3nc(nc4[nH]c(n1)c1ccccc41)-c1ccccc1-3)c1ccccc21. The molecule has 0 saturated carbocycles. The number of anilines is 1. The summed E-state index contributed by atoms with van der Waals surface area (Å²) in [6, 6.07) is 41.9. The molecule has 0 unspecified atom stereocenters. The minimum atomic E-state index is 0.597. The molecule has 9 nitrogen and oxygen atoms in total. The van der Waals surface area contributed by atoms with Crippen LogP contribution in [0.5, 0.6) is 0 Å². The fourth-order valence-corrected chi connectivity index (χ4v) is 6.24. The molecule has 3 N–H and O–H groups in total. The summed E-state index contributed by atoms with van der Waals surface area (Å²) >= 11 is 4.70. The zero-order chi connectivity index (χ0) is 32.0. The number of fused-ring (bicyclic) bond motifs is 20. The van der Waals surface area contributed by atoms with Gasteiger partial charge in [-0.15, -0.1) is 0 Å². The van der Waals surface area contributed by atoms with Crippen molar-refractivity contribution in [2.24, 2.45) is 0 Å². The van der Waals surface area contributed by atoms with Crippen molar-refractivity contribution in [3.63, 3.8) is 0 Å². The molecule has 0 saturated heterocycles. The third-order valence-electron chi connectivity index (χ3n) is 8.32. The largest absolute Gasteiger partial charge is 0.324 e. The molecule has 0 atom stereocenters. The molecule has 8 bridgehead atoms. The molecule has 0 spiro atoms. The van der Waals surface area contributed by atoms with Crippen molar-refractivity contribution >= 4 is 49.8 Å². The quantitative estimate of drug-likeness (QED) is 0.150. The first-order chi connectivity index (χ1) is 23.7. The Balaban J connectivity index is 0.000000347. The van der Waals surface area contributed by atoms with Crippen LogP contribution in [0, 0.1) is 0 Å². The molecule has 3 aromatic heterocycles. The normalized spacial score (nSPS) is 11.5. The summed E-state index contributed by atoms with van der Waals surface area (Å²) < 4.78 is 2.59. The van der Waals surface area contributed by atoms with E-state index in [-0.39, 0.29) is 0 Å². The summed E-state index contributed by atoms with van der Waals surface area (Å²) in [5.41, 5.74) is 7.41. The first kappa shape index (κ1) is 28.0. The van der Waals surface area contributed by atoms with Gasteiger partial charge in [-0.1, -0.05) is 97.1 Å². The van der Waals surface area contributed by atoms with E-state index in [0.29, 0.717) is 45.9 Å². The van der Waals surface area contributed by atoms with Gasteiger partial charge in [-0.25, -0.2) is 29.9 Å². The minimum Gasteiger partial charge on any atom is -0.324 e. The number of rotatable bonds is 1. The molecule has 5 heterocycles. The fourth-order valence-electron chi connectivity index (χ4n) is 6.08. The van der Waals surface area contributed by atoms with Crippen molar-refractivity contribution in [1.29, 1.82) is 0 Å². The van der Waals surface area contributed by atoms with E-state index >= 15 is 0 Å². The van der Waals surface area contributed by atoms with Crippen molar-refractivity contribution in [1.82, 2.24) is 39.9 Å². The number of hydrogen-bond acceptors (Lipinski definition) is 7. The van der Waals surface area contributed by atoms with Crippen LogP contribution in [0.4, 0.5) is 5.69 Å². The van der Waals surface area contributed by atoms with E-state index in [0.717, 1.165) is 49.5 Å². The maximum Gasteiger partial charge on any atom is 0.164 e. The van der Waals surface area contributed by atoms with Crippen LogP contribution in [0.25, 0.3) is 89.7 Å². The number of nitrogens with one attached hydrogen (secondary N) is 3. The standard InChI is InChI=1S/C32H18N8.C6H6N.Cu/c1-2-10-18-17(9-1)25-33-26(18)38-28-21-13-5-6-14-22(21)30(35-28)40-32-24-16-8-7-15-23(24)31(36-32)39-29-20-12-4-3-11-19(20)27(34-29)37-25;7-6-4-2-1-3-5-6;/h1-16H,(H2,33,34,35,36,37,38,39,40);1-5,7H;/q;-1;+1. The van der Waals surface area contributed by atoms with Gasteiger partial charge in [0.15, 0.2) is 23.3 Å². The zero-order valence-corrected chi connectivity index (χ0v) is 26.1. The van der Waals surface area contributed by atoms with Gasteiger partial charge in [0.25, 0.3) is 0 Å². The third kappa shape index (κ3) is 4.79. The van der Waals surface area contributed by atoms with Gasteiger partial charge in [-0.2, -0.15) is 0 Å². The first-order valence-electron chi connectivity index (χ1n) is 15.3. The molecule has 10 rings (SSSR count). The molecule has 5 aromatic carbocycles. The fraction of sp³-hybridized carbons (Fsp3) is 0. The molecule has 2 aliphatic rings. The van der Waals surface area contributed by atoms with Crippen molar-refractivity contribution in [2.75, 3.05) is 4.33 Å². The number of aromatic nitrogens is 8. The number of aromatic amines is 2. The Bertz CT molecular complexity index is 2360. The van der Waals surface area contributed by atoms with Crippen LogP contribution in [0.15, 0.2) is 127 Å². The van der Waals surface area contributed by atoms with Crippen LogP contribution in [-0.4, -0.2) is 39.9 Å². The molecule has 8 aromatic rings. The molecule has 0 fully saturated rings. The van der Waals surface area contributed by atoms with E-state index in [1.54, 1.807) is 0 Å². The third-order valence-corrected chi connectivity index (χ3v) is 8.59. The first-order valence-corrected chi connectivity index (χ1v) is 15.8. The van der Waals surface area contributed by atoms with Gasteiger partial charge in [-0.3, -0.25) is 0 Å². The van der Waals surface area contributed by atoms with Crippen molar-refractivity contribution < 1.29 is 16.2 Å². The van der Waals surface area contributed by atoms with Gasteiger partial charge in [-0.05, 0) is 0 Å². The summed E-state index contributed by atoms with van der Waals surface area (Å²) in [4.78, 5) is 36.8. The number of nitrogens with zero attached hydrogens (tertiary/aromatic N) is 6. The van der Waals surface area contributed by atoms with Crippen LogP contribution >= 0.6 is 0 Å². The van der Waals surface area contributed by atoms with Crippen molar-refractivity contribution in [2.45, 2.75) is 0 Å². The average molecular weight is 670 g/mol. The summed E-state index contributed by atoms with van der Waals surface area (Å²) in [7, 11) is 0. The van der Waals surface area contributed by atoms with E-state index in [1.165, 1.54) is 0 Å². The van der Waals surface area contributed by atoms with Gasteiger partial charge < -0.3 is 9.97 Å². The summed E-state index contributed by atoms with van der Waals surface area (Å²) in [6.07, 6.45) is 0. The van der Waals surface area contributed by atoms with E-state index in [4.69, 9.17) is 46.1 Å². The van der Waals surface area contributed by atoms with Gasteiger partial charge in [0.05, 0.1) is 0 Å². The Morgan fingerprint density at radius 2 is 0.646 bits per heavy atom. The van der Waals surface area contributed by atoms with E-state index in [9.17, 15) is 0 Å². The summed E-state index contributed by atoms with van der Waals surface area (Å²) in [5.74, 6) is 2.39. The second-order valence-corrected chi connectivity index (χ2v) is 11.5. The molecule has 0 aliphatic carbocycles. The minimum absolute atomic E-state index is 0.597. The second-order valence-electron chi connectivity index (χ2n) is 11.2. The number of benzene rings is 5. The topological polar surface area (TPSA) is 121 Å². The molecule has 10 heteroatoms. The van der Waals surface area contributed by atoms with E-state index in [2.05, 4.69) is 14.3 Å². The molecular formula is C38H24CuN9. The molecule has 0 radical (unpaired) electrons. The maximum atomic E-state index is 5.02. The Kier molecular flexibility index (Phi) is 6.74. The van der Waals surface area contributed by atoms with Crippen LogP contribution in [0.3, 0.4) is 0 Å². The number of H-pyrrole nitrogens is 2. The Labute approximate surface area is 282 Å². The Morgan fingerprint density at radius 1 is 0.354 bits per heavy atom. The average Bonchev–Trinajstić information content (AvgIpc) is 3.88. The Hall–Kier alpha value is -6.22. The number of hydrogen-bond donors (Lipinski definition) is 3. The predicted octanol–water partition coefficient (Wildman–Crippen LogP) is 8.43. The van der Waals surface area contributed by atoms with Crippen LogP contribution in [-0.2, 0) is 16.2 Å². The van der Waals surface area contributed by atoms with Gasteiger partial charge in [0.2, 0.25) is 0 Å². The molecule has 0 amide bonds. The van der Waals surface area contributed by atoms with Crippen molar-refractivity contribution in [3.8, 4) is 45.6 Å². The Morgan fingerprint density at radius 3 is 0.938 bits per heavy atom. The van der Waals surface area contributed by atoms with E-state index < -0.39 is 0 Å². The zero-order valence-electron chi connectivity index (χ0n) is 25.1. The van der Waals surface area contributed by atoms with Gasteiger partial charge >= 0.3 is 56.6 Å². The van der Waals surface area contributed by atoms with Crippen LogP contribution < -0.4 is 4.33 Å². The van der Waals surface area contributed by atoms with E-state index in [1.807, 2.05) is 127 Å². The molecule has 48 heavy (non-hydrogen) atoms. The molecule has 232 valence electrons. The summed E-state index contributed by atoms with van der Waals surface area (Å²) in [6.45, 7) is 0. The van der Waals surface area contributed by atoms with Gasteiger partial charge in [0, 0.05) is 43.8 Å². The van der Waals surface area contributed by atoms with Crippen LogP contribution in [0.2, 0.25) is 0 Å². The van der Waals surface area contributed by atoms with Crippen LogP contribution in [0.1, 0.15) is 0 Å². The monoisotopic (exact) mass is 669 g/mol. The predicted molar refractivity (Wildman–Crippen MR) is 186 cm³/mol. The second kappa shape index (κ2) is 11.5.